The molecular weight excluding hydrogens is 556 g/mol. The van der Waals surface area contributed by atoms with E-state index in [2.05, 4.69) is 6.92 Å². The summed E-state index contributed by atoms with van der Waals surface area (Å²) in [5.74, 6) is -0.123. The molecule has 3 aliphatic rings. The first-order valence-electron chi connectivity index (χ1n) is 18.6. The van der Waals surface area contributed by atoms with Crippen molar-refractivity contribution in [2.75, 3.05) is 0 Å². The minimum Gasteiger partial charge on any atom is -0.455 e. The smallest absolute Gasteiger partial charge is 0.334 e. The Hall–Kier alpha value is -0.990. The molecule has 0 aromatic rings. The third kappa shape index (κ3) is 14.2. The lowest BCUT2D eigenvalue weighted by atomic mass is 9.99. The summed E-state index contributed by atoms with van der Waals surface area (Å²) in [7, 11) is 0. The summed E-state index contributed by atoms with van der Waals surface area (Å²) in [6, 6.07) is 0. The second-order valence-electron chi connectivity index (χ2n) is 14.0. The van der Waals surface area contributed by atoms with Gasteiger partial charge in [-0.05, 0) is 83.6 Å². The lowest BCUT2D eigenvalue weighted by molar-refractivity contribution is -0.139. The zero-order chi connectivity index (χ0) is 31.6. The quantitative estimate of drug-likeness (QED) is 0.0703. The lowest BCUT2D eigenvalue weighted by Crippen LogP contribution is -2.33. The Kier molecular flexibility index (Phi) is 18.5. The fourth-order valence-corrected chi connectivity index (χ4v) is 7.28. The molecule has 0 amide bonds. The van der Waals surface area contributed by atoms with Crippen LogP contribution in [0, 0.1) is 0 Å². The predicted molar refractivity (Wildman–Crippen MR) is 175 cm³/mol. The molecule has 3 rings (SSSR count). The molecule has 0 radical (unpaired) electrons. The van der Waals surface area contributed by atoms with Gasteiger partial charge in [-0.2, -0.15) is 0 Å². The molecule has 2 unspecified atom stereocenters. The molecule has 256 valence electrons. The van der Waals surface area contributed by atoms with Crippen LogP contribution in [-0.2, 0) is 19.0 Å². The highest BCUT2D eigenvalue weighted by Gasteiger charge is 2.40. The van der Waals surface area contributed by atoms with E-state index in [0.717, 1.165) is 89.0 Å². The van der Waals surface area contributed by atoms with Gasteiger partial charge in [0.1, 0.15) is 6.10 Å². The second kappa shape index (κ2) is 21.7. The monoisotopic (exact) mass is 622 g/mol. The van der Waals surface area contributed by atoms with Crippen LogP contribution in [0.25, 0.3) is 0 Å². The van der Waals surface area contributed by atoms with Crippen molar-refractivity contribution in [3.63, 3.8) is 0 Å². The molecule has 3 aliphatic heterocycles. The zero-order valence-electron chi connectivity index (χ0n) is 28.1. The van der Waals surface area contributed by atoms with Crippen LogP contribution < -0.4 is 0 Å². The minimum atomic E-state index is -0.479. The van der Waals surface area contributed by atoms with Crippen LogP contribution in [0.5, 0.6) is 0 Å². The van der Waals surface area contributed by atoms with Crippen LogP contribution in [0.15, 0.2) is 11.6 Å². The summed E-state index contributed by atoms with van der Waals surface area (Å²) in [4.78, 5) is 11.6. The van der Waals surface area contributed by atoms with Gasteiger partial charge in [-0.25, -0.2) is 4.79 Å². The molecular formula is C37H66O7. The number of rotatable bonds is 25. The number of carbonyl (C=O) groups excluding carboxylic acids is 1. The highest BCUT2D eigenvalue weighted by Crippen LogP contribution is 2.34. The van der Waals surface area contributed by atoms with Crippen molar-refractivity contribution in [1.29, 1.82) is 0 Å². The standard InChI is InChI=1S/C37H66O7/c1-3-4-5-15-19-30(38)20-17-22-32(40)34-24-26-36(44-34)35-25-23-33(43-35)31(39)21-16-13-11-9-7-6-8-10-12-14-18-29-27-28(2)42-37(29)41/h27-28,30-36,38-40H,3-26H2,1-2H3/t28?,30?,31-,32-,33-,34+,35-,36-/m0/s1. The fourth-order valence-electron chi connectivity index (χ4n) is 7.28. The molecule has 0 saturated carbocycles. The SMILES string of the molecule is CCCCCCC(O)CCC[C@H](O)[C@H]1CC[C@@H]([C@@H]2CC[C@@H]([C@@H](O)CCCCCCCCCCCCC3=CC(C)OC3=O)O2)O1. The normalized spacial score (nSPS) is 27.4. The topological polar surface area (TPSA) is 105 Å². The molecule has 3 N–H and O–H groups in total. The third-order valence-corrected chi connectivity index (χ3v) is 10.1. The van der Waals surface area contributed by atoms with E-state index in [-0.39, 0.29) is 42.6 Å². The number of aliphatic hydroxyl groups is 3. The summed E-state index contributed by atoms with van der Waals surface area (Å²) < 4.78 is 17.7. The Morgan fingerprint density at radius 3 is 1.68 bits per heavy atom. The van der Waals surface area contributed by atoms with Gasteiger partial charge in [0.05, 0.1) is 42.7 Å². The van der Waals surface area contributed by atoms with Crippen molar-refractivity contribution in [2.45, 2.75) is 217 Å². The number of hydrogen-bond acceptors (Lipinski definition) is 7. The summed E-state index contributed by atoms with van der Waals surface area (Å²) >= 11 is 0. The Balaban J connectivity index is 1.13. The Bertz CT molecular complexity index is 801. The van der Waals surface area contributed by atoms with Gasteiger partial charge in [-0.15, -0.1) is 0 Å². The van der Waals surface area contributed by atoms with Gasteiger partial charge < -0.3 is 29.5 Å². The molecule has 3 heterocycles. The predicted octanol–water partition coefficient (Wildman–Crippen LogP) is 7.86. The average Bonchev–Trinajstić information content (AvgIpc) is 3.76. The van der Waals surface area contributed by atoms with Gasteiger partial charge in [0.25, 0.3) is 0 Å². The van der Waals surface area contributed by atoms with Crippen molar-refractivity contribution >= 4 is 5.97 Å². The number of carbonyl (C=O) groups is 1. The number of ether oxygens (including phenoxy) is 3. The molecule has 44 heavy (non-hydrogen) atoms. The number of cyclic esters (lactones) is 1. The third-order valence-electron chi connectivity index (χ3n) is 10.1. The first kappa shape index (κ1) is 37.5. The molecule has 0 aromatic heterocycles. The van der Waals surface area contributed by atoms with Gasteiger partial charge in [-0.3, -0.25) is 0 Å². The molecule has 8 atom stereocenters. The van der Waals surface area contributed by atoms with Crippen molar-refractivity contribution in [3.05, 3.63) is 11.6 Å². The Labute approximate surface area is 268 Å². The van der Waals surface area contributed by atoms with Gasteiger partial charge in [0, 0.05) is 5.57 Å². The van der Waals surface area contributed by atoms with Crippen molar-refractivity contribution < 1.29 is 34.3 Å². The van der Waals surface area contributed by atoms with E-state index in [0.29, 0.717) is 6.42 Å². The van der Waals surface area contributed by atoms with Gasteiger partial charge in [0.2, 0.25) is 0 Å². The summed E-state index contributed by atoms with van der Waals surface area (Å²) in [6.45, 7) is 4.11. The number of unbranched alkanes of at least 4 members (excludes halogenated alkanes) is 12. The van der Waals surface area contributed by atoms with E-state index in [1.54, 1.807) is 0 Å². The van der Waals surface area contributed by atoms with Crippen molar-refractivity contribution in [1.82, 2.24) is 0 Å². The number of aliphatic hydroxyl groups excluding tert-OH is 3. The van der Waals surface area contributed by atoms with Crippen LogP contribution in [0.1, 0.15) is 168 Å². The lowest BCUT2D eigenvalue weighted by Gasteiger charge is -2.24. The van der Waals surface area contributed by atoms with Crippen molar-refractivity contribution in [3.8, 4) is 0 Å². The van der Waals surface area contributed by atoms with Gasteiger partial charge in [0.15, 0.2) is 0 Å². The van der Waals surface area contributed by atoms with Crippen LogP contribution in [-0.4, -0.2) is 70.1 Å². The van der Waals surface area contributed by atoms with E-state index in [9.17, 15) is 20.1 Å². The van der Waals surface area contributed by atoms with Crippen LogP contribution in [0.3, 0.4) is 0 Å². The van der Waals surface area contributed by atoms with Crippen LogP contribution in [0.2, 0.25) is 0 Å². The highest BCUT2D eigenvalue weighted by atomic mass is 16.6. The molecule has 2 fully saturated rings. The van der Waals surface area contributed by atoms with E-state index >= 15 is 0 Å². The molecule has 0 spiro atoms. The zero-order valence-corrected chi connectivity index (χ0v) is 28.1. The fraction of sp³-hybridized carbons (Fsp3) is 0.919. The maximum absolute atomic E-state index is 11.6. The first-order chi connectivity index (χ1) is 21.4. The maximum atomic E-state index is 11.6. The van der Waals surface area contributed by atoms with Crippen LogP contribution in [0.4, 0.5) is 0 Å². The summed E-state index contributed by atoms with van der Waals surface area (Å²) in [5.41, 5.74) is 0.863. The molecule has 7 nitrogen and oxygen atoms in total. The molecule has 0 bridgehead atoms. The van der Waals surface area contributed by atoms with Crippen molar-refractivity contribution in [2.24, 2.45) is 0 Å². The maximum Gasteiger partial charge on any atom is 0.334 e. The second-order valence-corrected chi connectivity index (χ2v) is 14.0. The largest absolute Gasteiger partial charge is 0.455 e. The molecule has 0 aliphatic carbocycles. The van der Waals surface area contributed by atoms with Crippen LogP contribution >= 0.6 is 0 Å². The van der Waals surface area contributed by atoms with E-state index in [1.807, 2.05) is 13.0 Å². The molecule has 0 aromatic carbocycles. The first-order valence-corrected chi connectivity index (χ1v) is 18.6. The summed E-state index contributed by atoms with van der Waals surface area (Å²) in [5, 5.41) is 31.6. The summed E-state index contributed by atoms with van der Waals surface area (Å²) in [6.07, 6.45) is 25.7. The van der Waals surface area contributed by atoms with E-state index in [4.69, 9.17) is 14.2 Å². The van der Waals surface area contributed by atoms with E-state index < -0.39 is 12.2 Å². The molecule has 7 heteroatoms. The van der Waals surface area contributed by atoms with Gasteiger partial charge >= 0.3 is 5.97 Å². The molecule has 2 saturated heterocycles. The minimum absolute atomic E-state index is 0.0170. The average molecular weight is 623 g/mol. The number of esters is 1. The van der Waals surface area contributed by atoms with E-state index in [1.165, 1.54) is 64.2 Å². The Morgan fingerprint density at radius 2 is 1.14 bits per heavy atom. The highest BCUT2D eigenvalue weighted by molar-refractivity contribution is 5.90. The number of hydrogen-bond donors (Lipinski definition) is 3. The van der Waals surface area contributed by atoms with Gasteiger partial charge in [-0.1, -0.05) is 90.4 Å². The Morgan fingerprint density at radius 1 is 0.659 bits per heavy atom.